The maximum atomic E-state index is 14.5. The minimum atomic E-state index is -0.970. The van der Waals surface area contributed by atoms with E-state index in [1.165, 1.54) is 26.2 Å². The van der Waals surface area contributed by atoms with Crippen molar-refractivity contribution >= 4 is 35.9 Å². The molecule has 5 amide bonds. The minimum Gasteiger partial charge on any atom is -0.444 e. The Bertz CT molecular complexity index is 1730. The molecule has 0 aliphatic carbocycles. The second-order valence-corrected chi connectivity index (χ2v) is 18.6. The minimum absolute atomic E-state index is 0.0612. The van der Waals surface area contributed by atoms with E-state index in [9.17, 15) is 28.8 Å². The normalized spacial score (nSPS) is 18.2. The van der Waals surface area contributed by atoms with Gasteiger partial charge in [0.05, 0.1) is 42.7 Å². The third-order valence-corrected chi connectivity index (χ3v) is 11.9. The van der Waals surface area contributed by atoms with Crippen LogP contribution in [0.3, 0.4) is 0 Å². The van der Waals surface area contributed by atoms with Gasteiger partial charge < -0.3 is 44.1 Å². The number of rotatable bonds is 22. The lowest BCUT2D eigenvalue weighted by atomic mass is 9.89. The number of terminal acetylenes is 1. The van der Waals surface area contributed by atoms with E-state index in [1.807, 2.05) is 47.6 Å². The molecule has 16 nitrogen and oxygen atoms in total. The van der Waals surface area contributed by atoms with E-state index in [1.54, 1.807) is 75.7 Å². The fourth-order valence-corrected chi connectivity index (χ4v) is 8.42. The van der Waals surface area contributed by atoms with Gasteiger partial charge in [0.25, 0.3) is 0 Å². The molecule has 360 valence electrons. The zero-order valence-electron chi connectivity index (χ0n) is 41.0. The predicted molar refractivity (Wildman–Crippen MR) is 244 cm³/mol. The molecule has 0 bridgehead atoms. The number of likely N-dealkylation sites (tertiary alicyclic amines) is 1. The Hall–Kier alpha value is -4.88. The molecule has 16 heteroatoms. The van der Waals surface area contributed by atoms with Crippen LogP contribution < -0.4 is 10.6 Å². The van der Waals surface area contributed by atoms with E-state index >= 15 is 0 Å². The first-order valence-corrected chi connectivity index (χ1v) is 22.5. The Labute approximate surface area is 382 Å². The van der Waals surface area contributed by atoms with E-state index in [-0.39, 0.29) is 48.5 Å². The molecule has 10 atom stereocenters. The topological polar surface area (TPSA) is 182 Å². The highest BCUT2D eigenvalue weighted by atomic mass is 16.7. The molecule has 0 unspecified atom stereocenters. The summed E-state index contributed by atoms with van der Waals surface area (Å²) in [6.07, 6.45) is 3.18. The summed E-state index contributed by atoms with van der Waals surface area (Å²) < 4.78 is 28.1. The largest absolute Gasteiger partial charge is 0.509 e. The third-order valence-electron chi connectivity index (χ3n) is 11.9. The van der Waals surface area contributed by atoms with Crippen molar-refractivity contribution in [3.63, 3.8) is 0 Å². The second-order valence-electron chi connectivity index (χ2n) is 18.6. The van der Waals surface area contributed by atoms with Gasteiger partial charge in [-0.25, -0.2) is 9.59 Å². The number of ether oxygens (including phenoxy) is 5. The quantitative estimate of drug-likeness (QED) is 0.103. The molecule has 1 saturated heterocycles. The van der Waals surface area contributed by atoms with E-state index in [2.05, 4.69) is 16.6 Å². The molecule has 1 aliphatic heterocycles. The lowest BCUT2D eigenvalue weighted by Crippen LogP contribution is -2.60. The van der Waals surface area contributed by atoms with Gasteiger partial charge in [-0.15, -0.1) is 6.42 Å². The first-order chi connectivity index (χ1) is 29.9. The van der Waals surface area contributed by atoms with Gasteiger partial charge in [-0.3, -0.25) is 24.1 Å². The summed E-state index contributed by atoms with van der Waals surface area (Å²) in [6.45, 7) is 20.2. The van der Waals surface area contributed by atoms with Gasteiger partial charge in [-0.2, -0.15) is 0 Å². The van der Waals surface area contributed by atoms with Crippen molar-refractivity contribution in [3.05, 3.63) is 35.9 Å². The maximum Gasteiger partial charge on any atom is 0.509 e. The number of methoxy groups -OCH3 is 2. The summed E-state index contributed by atoms with van der Waals surface area (Å²) in [5.74, 6) is -0.676. The molecule has 1 heterocycles. The van der Waals surface area contributed by atoms with Crippen LogP contribution >= 0.6 is 0 Å². The summed E-state index contributed by atoms with van der Waals surface area (Å²) in [5.41, 5.74) is -0.130. The predicted octanol–water partition coefficient (Wildman–Crippen LogP) is 5.97. The lowest BCUT2D eigenvalue weighted by Gasteiger charge is -2.41. The average Bonchev–Trinajstić information content (AvgIpc) is 3.72. The van der Waals surface area contributed by atoms with E-state index in [0.717, 1.165) is 0 Å². The molecule has 64 heavy (non-hydrogen) atoms. The molecule has 2 N–H and O–H groups in total. The Balaban J connectivity index is 2.32. The standard InChI is InChI=1S/C48H77N5O11/c1-17-27-62-47(59)63-42(34-23-20-19-21-24-34)33(9)49-43(55)32(8)41(61-16)35-25-22-26-53(35)37(54)28-36(60-15)40(31(7)18-2)51(13)45(57)38(29(3)4)50-44(56)39(30(5)6)52(14)46(58)64-48(10,11)12/h1,19-21,23-24,29-33,35-36,38-42H,18,22,25-28H2,2-16H3,(H,49,55)(H,50,56)/t31-,32+,33+,35-,36+,38-,39-,40-,41+,42+/m0/s1. The number of amides is 5. The molecule has 2 rings (SSSR count). The number of carbonyl (C=O) groups is 6. The van der Waals surface area contributed by atoms with Crippen LogP contribution in [0.15, 0.2) is 30.3 Å². The highest BCUT2D eigenvalue weighted by Gasteiger charge is 2.44. The van der Waals surface area contributed by atoms with Gasteiger partial charge in [0.1, 0.15) is 17.7 Å². The lowest BCUT2D eigenvalue weighted by molar-refractivity contribution is -0.148. The average molecular weight is 900 g/mol. The first-order valence-electron chi connectivity index (χ1n) is 22.5. The van der Waals surface area contributed by atoms with Crippen LogP contribution in [0.4, 0.5) is 9.59 Å². The van der Waals surface area contributed by atoms with Crippen LogP contribution in [-0.4, -0.2) is 140 Å². The van der Waals surface area contributed by atoms with Crippen molar-refractivity contribution in [2.75, 3.05) is 41.5 Å². The zero-order chi connectivity index (χ0) is 48.6. The molecule has 1 fully saturated rings. The SMILES string of the molecule is C#CCOC(=O)O[C@@H](c1ccccc1)[C@@H](C)NC(=O)[C@H](C)[C@@H](OC)[C@@H]1CCCN1C(=O)C[C@@H](OC)[C@H]([C@@H](C)CC)N(C)C(=O)[C@@H](NC(=O)[C@H](C(C)C)N(C)C(=O)OC(C)(C)C)C(C)C. The third kappa shape index (κ3) is 15.4. The highest BCUT2D eigenvalue weighted by molar-refractivity contribution is 5.92. The van der Waals surface area contributed by atoms with Crippen LogP contribution in [0.5, 0.6) is 0 Å². The van der Waals surface area contributed by atoms with Crippen molar-refractivity contribution in [1.82, 2.24) is 25.3 Å². The van der Waals surface area contributed by atoms with Crippen LogP contribution in [0.2, 0.25) is 0 Å². The van der Waals surface area contributed by atoms with Gasteiger partial charge in [-0.05, 0) is 63.9 Å². The number of benzene rings is 1. The number of carbonyl (C=O) groups excluding carboxylic acids is 6. The molecular weight excluding hydrogens is 823 g/mol. The van der Waals surface area contributed by atoms with Crippen molar-refractivity contribution < 1.29 is 52.5 Å². The van der Waals surface area contributed by atoms with Crippen molar-refractivity contribution in [3.8, 4) is 12.3 Å². The fourth-order valence-electron chi connectivity index (χ4n) is 8.42. The van der Waals surface area contributed by atoms with Crippen LogP contribution in [0.25, 0.3) is 0 Å². The van der Waals surface area contributed by atoms with Crippen molar-refractivity contribution in [2.24, 2.45) is 23.7 Å². The van der Waals surface area contributed by atoms with Gasteiger partial charge in [0.2, 0.25) is 23.6 Å². The first kappa shape index (κ1) is 55.3. The smallest absolute Gasteiger partial charge is 0.444 e. The number of nitrogens with zero attached hydrogens (tertiary/aromatic N) is 3. The van der Waals surface area contributed by atoms with Gasteiger partial charge in [0, 0.05) is 34.9 Å². The summed E-state index contributed by atoms with van der Waals surface area (Å²) >= 11 is 0. The monoisotopic (exact) mass is 900 g/mol. The van der Waals surface area contributed by atoms with Crippen molar-refractivity contribution in [2.45, 2.75) is 156 Å². The van der Waals surface area contributed by atoms with Gasteiger partial charge in [-0.1, -0.05) is 91.1 Å². The van der Waals surface area contributed by atoms with Crippen LogP contribution in [0, 0.1) is 36.0 Å². The van der Waals surface area contributed by atoms with Crippen LogP contribution in [-0.2, 0) is 42.9 Å². The molecule has 1 aromatic carbocycles. The molecule has 0 radical (unpaired) electrons. The van der Waals surface area contributed by atoms with E-state index in [0.29, 0.717) is 31.4 Å². The Morgan fingerprint density at radius 1 is 0.891 bits per heavy atom. The molecule has 0 spiro atoms. The van der Waals surface area contributed by atoms with E-state index < -0.39 is 78.2 Å². The van der Waals surface area contributed by atoms with Crippen molar-refractivity contribution in [1.29, 1.82) is 0 Å². The number of hydrogen-bond acceptors (Lipinski definition) is 11. The zero-order valence-corrected chi connectivity index (χ0v) is 41.0. The van der Waals surface area contributed by atoms with E-state index in [4.69, 9.17) is 30.1 Å². The maximum absolute atomic E-state index is 14.5. The number of likely N-dealkylation sites (N-methyl/N-ethyl adjacent to an activating group) is 2. The Morgan fingerprint density at radius 3 is 2.03 bits per heavy atom. The molecule has 0 saturated carbocycles. The Morgan fingerprint density at radius 2 is 1.52 bits per heavy atom. The van der Waals surface area contributed by atoms with Gasteiger partial charge in [0.15, 0.2) is 12.7 Å². The van der Waals surface area contributed by atoms with Crippen LogP contribution in [0.1, 0.15) is 114 Å². The molecule has 1 aliphatic rings. The molecule has 0 aromatic heterocycles. The summed E-state index contributed by atoms with van der Waals surface area (Å²) in [6, 6.07) is 5.38. The van der Waals surface area contributed by atoms with Gasteiger partial charge >= 0.3 is 12.2 Å². The number of hydrogen-bond donors (Lipinski definition) is 2. The molecule has 1 aromatic rings. The highest BCUT2D eigenvalue weighted by Crippen LogP contribution is 2.31. The summed E-state index contributed by atoms with van der Waals surface area (Å²) in [5, 5.41) is 5.92. The number of nitrogens with one attached hydrogen (secondary N) is 2. The Kier molecular flexibility index (Phi) is 22.1. The molecular formula is C48H77N5O11. The summed E-state index contributed by atoms with van der Waals surface area (Å²) in [7, 11) is 6.20. The second kappa shape index (κ2) is 25.6. The summed E-state index contributed by atoms with van der Waals surface area (Å²) in [4.78, 5) is 86.8. The fraction of sp³-hybridized carbons (Fsp3) is 0.708.